The molecule has 0 saturated carbocycles. The molecule has 2 rings (SSSR count). The summed E-state index contributed by atoms with van der Waals surface area (Å²) in [5.41, 5.74) is 0.233. The van der Waals surface area contributed by atoms with Crippen LogP contribution in [0.25, 0.3) is 0 Å². The second kappa shape index (κ2) is 4.68. The lowest BCUT2D eigenvalue weighted by Crippen LogP contribution is -2.36. The van der Waals surface area contributed by atoms with Crippen LogP contribution in [-0.2, 0) is 5.41 Å². The molecule has 18 heavy (non-hydrogen) atoms. The summed E-state index contributed by atoms with van der Waals surface area (Å²) in [6.45, 7) is 6.34. The summed E-state index contributed by atoms with van der Waals surface area (Å²) in [7, 11) is 0. The Morgan fingerprint density at radius 2 is 2.33 bits per heavy atom. The fourth-order valence-electron chi connectivity index (χ4n) is 1.68. The summed E-state index contributed by atoms with van der Waals surface area (Å²) < 4.78 is 5.37. The van der Waals surface area contributed by atoms with E-state index in [1.807, 2.05) is 32.9 Å². The number of amides is 1. The first-order valence-corrected chi connectivity index (χ1v) is 5.83. The number of carbonyl (C=O) groups excluding carboxylic acids is 1. The number of aromatic nitrogens is 2. The minimum Gasteiger partial charge on any atom is -0.469 e. The Bertz CT molecular complexity index is 526. The second-order valence-corrected chi connectivity index (χ2v) is 4.93. The number of hydrogen-bond acceptors (Lipinski definition) is 3. The number of H-pyrrole nitrogens is 1. The van der Waals surface area contributed by atoms with Crippen molar-refractivity contribution in [3.8, 4) is 0 Å². The maximum atomic E-state index is 11.9. The normalized spacial score (nSPS) is 11.5. The molecule has 0 bridgehead atoms. The van der Waals surface area contributed by atoms with Gasteiger partial charge in [0, 0.05) is 12.0 Å². The van der Waals surface area contributed by atoms with E-state index in [1.54, 1.807) is 6.26 Å². The first-order valence-electron chi connectivity index (χ1n) is 5.83. The average molecular weight is 247 g/mol. The zero-order valence-electron chi connectivity index (χ0n) is 10.8. The minimum absolute atomic E-state index is 0.157. The Balaban J connectivity index is 1.98. The summed E-state index contributed by atoms with van der Waals surface area (Å²) in [5, 5.41) is 2.87. The van der Waals surface area contributed by atoms with Crippen LogP contribution < -0.4 is 5.32 Å². The van der Waals surface area contributed by atoms with Crippen LogP contribution in [0.5, 0.6) is 0 Å². The number of aromatic amines is 1. The highest BCUT2D eigenvalue weighted by molar-refractivity contribution is 5.92. The first-order chi connectivity index (χ1) is 8.49. The van der Waals surface area contributed by atoms with Crippen LogP contribution in [0.4, 0.5) is 0 Å². The number of rotatable bonds is 4. The van der Waals surface area contributed by atoms with E-state index in [0.717, 1.165) is 11.6 Å². The zero-order valence-corrected chi connectivity index (χ0v) is 10.8. The van der Waals surface area contributed by atoms with Gasteiger partial charge in [0.2, 0.25) is 0 Å². The third-order valence-corrected chi connectivity index (χ3v) is 2.83. The fraction of sp³-hybridized carbons (Fsp3) is 0.385. The van der Waals surface area contributed by atoms with Crippen LogP contribution in [0.2, 0.25) is 0 Å². The van der Waals surface area contributed by atoms with Crippen LogP contribution in [0.15, 0.2) is 29.0 Å². The van der Waals surface area contributed by atoms with Crippen molar-refractivity contribution in [2.75, 3.05) is 6.54 Å². The van der Waals surface area contributed by atoms with Crippen molar-refractivity contribution in [3.05, 3.63) is 41.9 Å². The smallest absolute Gasteiger partial charge is 0.269 e. The lowest BCUT2D eigenvalue weighted by Gasteiger charge is -2.22. The van der Waals surface area contributed by atoms with Gasteiger partial charge in [0.25, 0.3) is 5.91 Å². The van der Waals surface area contributed by atoms with Gasteiger partial charge in [-0.1, -0.05) is 13.8 Å². The average Bonchev–Trinajstić information content (AvgIpc) is 2.96. The van der Waals surface area contributed by atoms with Crippen LogP contribution in [0.3, 0.4) is 0 Å². The molecule has 0 unspecified atom stereocenters. The highest BCUT2D eigenvalue weighted by Gasteiger charge is 2.24. The van der Waals surface area contributed by atoms with Crippen molar-refractivity contribution in [3.63, 3.8) is 0 Å². The van der Waals surface area contributed by atoms with Gasteiger partial charge < -0.3 is 14.7 Å². The molecule has 0 aliphatic carbocycles. The molecule has 0 aliphatic heterocycles. The molecule has 0 atom stereocenters. The number of furan rings is 1. The molecule has 0 fully saturated rings. The van der Waals surface area contributed by atoms with Crippen molar-refractivity contribution >= 4 is 5.91 Å². The predicted octanol–water partition coefficient (Wildman–Crippen LogP) is 2.02. The highest BCUT2D eigenvalue weighted by atomic mass is 16.3. The SMILES string of the molecule is Cc1ncc(C(=O)NCC(C)(C)c2ccco2)[nH]1. The maximum Gasteiger partial charge on any atom is 0.269 e. The molecular weight excluding hydrogens is 230 g/mol. The predicted molar refractivity (Wildman–Crippen MR) is 67.4 cm³/mol. The van der Waals surface area contributed by atoms with Gasteiger partial charge in [-0.05, 0) is 19.1 Å². The molecule has 5 nitrogen and oxygen atoms in total. The molecule has 2 heterocycles. The Morgan fingerprint density at radius 1 is 1.56 bits per heavy atom. The monoisotopic (exact) mass is 247 g/mol. The number of carbonyl (C=O) groups is 1. The van der Waals surface area contributed by atoms with Gasteiger partial charge in [0.05, 0.1) is 12.5 Å². The molecule has 0 spiro atoms. The summed E-state index contributed by atoms with van der Waals surface area (Å²) >= 11 is 0. The van der Waals surface area contributed by atoms with Crippen molar-refractivity contribution in [1.82, 2.24) is 15.3 Å². The van der Waals surface area contributed by atoms with E-state index in [0.29, 0.717) is 12.2 Å². The maximum absolute atomic E-state index is 11.9. The first kappa shape index (κ1) is 12.4. The Kier molecular flexibility index (Phi) is 3.23. The van der Waals surface area contributed by atoms with Gasteiger partial charge in [0.15, 0.2) is 0 Å². The molecule has 2 aromatic heterocycles. The molecule has 0 saturated heterocycles. The fourth-order valence-corrected chi connectivity index (χ4v) is 1.68. The van der Waals surface area contributed by atoms with E-state index in [2.05, 4.69) is 15.3 Å². The number of imidazole rings is 1. The molecule has 0 aromatic carbocycles. The summed E-state index contributed by atoms with van der Waals surface area (Å²) in [4.78, 5) is 18.8. The molecule has 2 aromatic rings. The van der Waals surface area contributed by atoms with Crippen LogP contribution in [0, 0.1) is 6.92 Å². The van der Waals surface area contributed by atoms with Gasteiger partial charge in [0.1, 0.15) is 17.3 Å². The lowest BCUT2D eigenvalue weighted by molar-refractivity contribution is 0.0939. The molecular formula is C13H17N3O2. The number of aryl methyl sites for hydroxylation is 1. The van der Waals surface area contributed by atoms with Crippen LogP contribution >= 0.6 is 0 Å². The van der Waals surface area contributed by atoms with Gasteiger partial charge >= 0.3 is 0 Å². The van der Waals surface area contributed by atoms with Gasteiger partial charge in [-0.2, -0.15) is 0 Å². The minimum atomic E-state index is -0.242. The molecule has 2 N–H and O–H groups in total. The lowest BCUT2D eigenvalue weighted by atomic mass is 9.90. The molecule has 96 valence electrons. The van der Waals surface area contributed by atoms with Gasteiger partial charge in [-0.15, -0.1) is 0 Å². The summed E-state index contributed by atoms with van der Waals surface area (Å²) in [6.07, 6.45) is 3.17. The molecule has 1 amide bonds. The Morgan fingerprint density at radius 3 is 2.89 bits per heavy atom. The Labute approximate surface area is 106 Å². The zero-order chi connectivity index (χ0) is 13.2. The topological polar surface area (TPSA) is 70.9 Å². The van der Waals surface area contributed by atoms with E-state index in [-0.39, 0.29) is 11.3 Å². The van der Waals surface area contributed by atoms with E-state index in [4.69, 9.17) is 4.42 Å². The van der Waals surface area contributed by atoms with Crippen LogP contribution in [-0.4, -0.2) is 22.4 Å². The van der Waals surface area contributed by atoms with E-state index in [9.17, 15) is 4.79 Å². The van der Waals surface area contributed by atoms with Gasteiger partial charge in [-0.3, -0.25) is 4.79 Å². The molecule has 0 radical (unpaired) electrons. The highest BCUT2D eigenvalue weighted by Crippen LogP contribution is 2.22. The van der Waals surface area contributed by atoms with Crippen LogP contribution in [0.1, 0.15) is 35.9 Å². The standard InChI is InChI=1S/C13H17N3O2/c1-9-14-7-10(16-9)12(17)15-8-13(2,3)11-5-4-6-18-11/h4-7H,8H2,1-3H3,(H,14,16)(H,15,17). The third-order valence-electron chi connectivity index (χ3n) is 2.83. The number of nitrogens with zero attached hydrogens (tertiary/aromatic N) is 1. The van der Waals surface area contributed by atoms with Crippen molar-refractivity contribution in [2.45, 2.75) is 26.2 Å². The van der Waals surface area contributed by atoms with E-state index in [1.165, 1.54) is 6.20 Å². The summed E-state index contributed by atoms with van der Waals surface area (Å²) in [5.74, 6) is 1.42. The van der Waals surface area contributed by atoms with E-state index >= 15 is 0 Å². The Hall–Kier alpha value is -2.04. The second-order valence-electron chi connectivity index (χ2n) is 4.93. The molecule has 0 aliphatic rings. The quantitative estimate of drug-likeness (QED) is 0.868. The van der Waals surface area contributed by atoms with Crippen molar-refractivity contribution in [1.29, 1.82) is 0 Å². The van der Waals surface area contributed by atoms with Crippen molar-refractivity contribution < 1.29 is 9.21 Å². The molecule has 5 heteroatoms. The number of nitrogens with one attached hydrogen (secondary N) is 2. The summed E-state index contributed by atoms with van der Waals surface area (Å²) in [6, 6.07) is 3.75. The number of hydrogen-bond donors (Lipinski definition) is 2. The van der Waals surface area contributed by atoms with Crippen molar-refractivity contribution in [2.24, 2.45) is 0 Å². The largest absolute Gasteiger partial charge is 0.469 e. The van der Waals surface area contributed by atoms with Gasteiger partial charge in [-0.25, -0.2) is 4.98 Å². The van der Waals surface area contributed by atoms with E-state index < -0.39 is 0 Å². The third kappa shape index (κ3) is 2.61.